The van der Waals surface area contributed by atoms with Crippen LogP contribution < -0.4 is 15.5 Å². The SMILES string of the molecule is C[NH+](C)CCNC(=S)Nc1ccc(F)c(F)c1F. The molecule has 0 aliphatic rings. The number of quaternary nitrogens is 1. The summed E-state index contributed by atoms with van der Waals surface area (Å²) in [6.45, 7) is 1.42. The molecular formula is C11H15F3N3S+. The number of rotatable bonds is 4. The van der Waals surface area contributed by atoms with Gasteiger partial charge in [-0.05, 0) is 24.4 Å². The van der Waals surface area contributed by atoms with Gasteiger partial charge in [-0.2, -0.15) is 0 Å². The largest absolute Gasteiger partial charge is 0.357 e. The van der Waals surface area contributed by atoms with E-state index in [1.165, 1.54) is 4.90 Å². The van der Waals surface area contributed by atoms with Crippen molar-refractivity contribution in [2.24, 2.45) is 0 Å². The maximum absolute atomic E-state index is 13.3. The minimum absolute atomic E-state index is 0.168. The predicted molar refractivity (Wildman–Crippen MR) is 68.2 cm³/mol. The Morgan fingerprint density at radius 2 is 1.89 bits per heavy atom. The Bertz CT molecular complexity index is 438. The number of nitrogens with one attached hydrogen (secondary N) is 3. The lowest BCUT2D eigenvalue weighted by molar-refractivity contribution is -0.856. The molecule has 0 aliphatic carbocycles. The third kappa shape index (κ3) is 4.15. The highest BCUT2D eigenvalue weighted by atomic mass is 32.1. The van der Waals surface area contributed by atoms with Gasteiger partial charge in [0, 0.05) is 0 Å². The van der Waals surface area contributed by atoms with Gasteiger partial charge in [-0.3, -0.25) is 0 Å². The van der Waals surface area contributed by atoms with Crippen LogP contribution >= 0.6 is 12.2 Å². The highest BCUT2D eigenvalue weighted by molar-refractivity contribution is 7.80. The molecule has 0 saturated heterocycles. The molecule has 0 fully saturated rings. The maximum atomic E-state index is 13.3. The van der Waals surface area contributed by atoms with Gasteiger partial charge in [-0.15, -0.1) is 0 Å². The van der Waals surface area contributed by atoms with Crippen molar-refractivity contribution in [1.29, 1.82) is 0 Å². The van der Waals surface area contributed by atoms with E-state index in [4.69, 9.17) is 12.2 Å². The van der Waals surface area contributed by atoms with Gasteiger partial charge in [0.05, 0.1) is 32.9 Å². The Morgan fingerprint density at radius 3 is 2.50 bits per heavy atom. The molecule has 1 aromatic rings. The van der Waals surface area contributed by atoms with E-state index in [0.29, 0.717) is 6.54 Å². The molecule has 1 aromatic carbocycles. The van der Waals surface area contributed by atoms with Crippen molar-refractivity contribution in [3.63, 3.8) is 0 Å². The standard InChI is InChI=1S/C11H14F3N3S/c1-17(2)6-5-15-11(18)16-8-4-3-7(12)9(13)10(8)14/h3-4H,5-6H2,1-2H3,(H2,15,16,18)/p+1. The fourth-order valence-corrected chi connectivity index (χ4v) is 1.43. The zero-order valence-corrected chi connectivity index (χ0v) is 10.9. The van der Waals surface area contributed by atoms with Crippen LogP contribution in [0.15, 0.2) is 12.1 Å². The smallest absolute Gasteiger partial charge is 0.196 e. The minimum atomic E-state index is -1.51. The summed E-state index contributed by atoms with van der Waals surface area (Å²) >= 11 is 4.91. The molecular weight excluding hydrogens is 263 g/mol. The van der Waals surface area contributed by atoms with Gasteiger partial charge in [-0.1, -0.05) is 0 Å². The monoisotopic (exact) mass is 278 g/mol. The molecule has 0 atom stereocenters. The molecule has 0 aromatic heterocycles. The second-order valence-corrected chi connectivity index (χ2v) is 4.47. The van der Waals surface area contributed by atoms with Crippen LogP contribution in [0.3, 0.4) is 0 Å². The van der Waals surface area contributed by atoms with E-state index in [1.807, 2.05) is 14.1 Å². The molecule has 3 nitrogen and oxygen atoms in total. The molecule has 7 heteroatoms. The van der Waals surface area contributed by atoms with Crippen LogP contribution in [0.1, 0.15) is 0 Å². The van der Waals surface area contributed by atoms with Gasteiger partial charge in [0.2, 0.25) is 0 Å². The molecule has 3 N–H and O–H groups in total. The lowest BCUT2D eigenvalue weighted by atomic mass is 10.3. The predicted octanol–water partition coefficient (Wildman–Crippen LogP) is 0.535. The zero-order chi connectivity index (χ0) is 13.7. The van der Waals surface area contributed by atoms with Crippen LogP contribution in [-0.2, 0) is 0 Å². The average Bonchev–Trinajstić information content (AvgIpc) is 2.29. The van der Waals surface area contributed by atoms with E-state index in [-0.39, 0.29) is 10.8 Å². The van der Waals surface area contributed by atoms with Gasteiger partial charge in [-0.25, -0.2) is 13.2 Å². The van der Waals surface area contributed by atoms with Gasteiger partial charge in [0.15, 0.2) is 22.6 Å². The molecule has 1 rings (SSSR count). The molecule has 0 radical (unpaired) electrons. The lowest BCUT2D eigenvalue weighted by Gasteiger charge is -2.12. The third-order valence-electron chi connectivity index (χ3n) is 2.19. The highest BCUT2D eigenvalue weighted by Crippen LogP contribution is 2.19. The van der Waals surface area contributed by atoms with Gasteiger partial charge >= 0.3 is 0 Å². The first-order valence-corrected chi connectivity index (χ1v) is 5.80. The number of anilines is 1. The second kappa shape index (κ2) is 6.55. The van der Waals surface area contributed by atoms with Crippen molar-refractivity contribution in [3.05, 3.63) is 29.6 Å². The quantitative estimate of drug-likeness (QED) is 0.554. The summed E-state index contributed by atoms with van der Waals surface area (Å²) in [5.41, 5.74) is -0.191. The zero-order valence-electron chi connectivity index (χ0n) is 10.1. The van der Waals surface area contributed by atoms with Crippen molar-refractivity contribution in [3.8, 4) is 0 Å². The molecule has 18 heavy (non-hydrogen) atoms. The summed E-state index contributed by atoms with van der Waals surface area (Å²) in [5.74, 6) is -4.02. The van der Waals surface area contributed by atoms with Crippen LogP contribution in [0.25, 0.3) is 0 Å². The third-order valence-corrected chi connectivity index (χ3v) is 2.44. The maximum Gasteiger partial charge on any atom is 0.196 e. The number of halogens is 3. The van der Waals surface area contributed by atoms with Crippen LogP contribution in [-0.4, -0.2) is 32.3 Å². The van der Waals surface area contributed by atoms with Gasteiger partial charge in [0.1, 0.15) is 0 Å². The molecule has 0 aliphatic heterocycles. The van der Waals surface area contributed by atoms with Crippen molar-refractivity contribution in [2.45, 2.75) is 0 Å². The molecule has 0 unspecified atom stereocenters. The Labute approximate surface area is 109 Å². The number of benzene rings is 1. The van der Waals surface area contributed by atoms with Crippen molar-refractivity contribution < 1.29 is 18.1 Å². The fourth-order valence-electron chi connectivity index (χ4n) is 1.21. The molecule has 100 valence electrons. The summed E-state index contributed by atoms with van der Waals surface area (Å²) in [4.78, 5) is 1.23. The Balaban J connectivity index is 2.57. The lowest BCUT2D eigenvalue weighted by Crippen LogP contribution is -3.06. The molecule has 0 spiro atoms. The van der Waals surface area contributed by atoms with Gasteiger partial charge in [0.25, 0.3) is 0 Å². The van der Waals surface area contributed by atoms with Gasteiger partial charge < -0.3 is 15.5 Å². The Hall–Kier alpha value is -1.34. The van der Waals surface area contributed by atoms with E-state index in [0.717, 1.165) is 18.7 Å². The fraction of sp³-hybridized carbons (Fsp3) is 0.364. The van der Waals surface area contributed by atoms with Crippen LogP contribution in [0.4, 0.5) is 18.9 Å². The van der Waals surface area contributed by atoms with Crippen LogP contribution in [0.2, 0.25) is 0 Å². The number of likely N-dealkylation sites (N-methyl/N-ethyl adjacent to an activating group) is 1. The van der Waals surface area contributed by atoms with Crippen molar-refractivity contribution >= 4 is 23.0 Å². The highest BCUT2D eigenvalue weighted by Gasteiger charge is 2.13. The summed E-state index contributed by atoms with van der Waals surface area (Å²) in [6, 6.07) is 1.94. The minimum Gasteiger partial charge on any atom is -0.357 e. The van der Waals surface area contributed by atoms with Crippen molar-refractivity contribution in [2.75, 3.05) is 32.5 Å². The summed E-state index contributed by atoms with van der Waals surface area (Å²) in [7, 11) is 3.96. The first kappa shape index (κ1) is 14.7. The van der Waals surface area contributed by atoms with Crippen molar-refractivity contribution in [1.82, 2.24) is 5.32 Å². The first-order valence-electron chi connectivity index (χ1n) is 5.39. The summed E-state index contributed by atoms with van der Waals surface area (Å²) in [6.07, 6.45) is 0. The average molecular weight is 278 g/mol. The van der Waals surface area contributed by atoms with E-state index < -0.39 is 17.5 Å². The summed E-state index contributed by atoms with van der Waals surface area (Å²) < 4.78 is 38.9. The molecule has 0 saturated carbocycles. The Kier molecular flexibility index (Phi) is 5.36. The molecule has 0 heterocycles. The number of thiocarbonyl (C=S) groups is 1. The summed E-state index contributed by atoms with van der Waals surface area (Å²) in [5, 5.41) is 5.49. The number of hydrogen-bond acceptors (Lipinski definition) is 1. The van der Waals surface area contributed by atoms with E-state index in [1.54, 1.807) is 0 Å². The van der Waals surface area contributed by atoms with E-state index in [9.17, 15) is 13.2 Å². The normalized spacial score (nSPS) is 10.6. The second-order valence-electron chi connectivity index (χ2n) is 4.06. The topological polar surface area (TPSA) is 28.5 Å². The molecule has 0 bridgehead atoms. The Morgan fingerprint density at radius 1 is 1.22 bits per heavy atom. The first-order chi connectivity index (χ1) is 8.41. The number of hydrogen-bond donors (Lipinski definition) is 3. The van der Waals surface area contributed by atoms with E-state index >= 15 is 0 Å². The van der Waals surface area contributed by atoms with E-state index in [2.05, 4.69) is 10.6 Å². The molecule has 0 amide bonds. The van der Waals surface area contributed by atoms with Crippen LogP contribution in [0.5, 0.6) is 0 Å². The van der Waals surface area contributed by atoms with Crippen LogP contribution in [0, 0.1) is 17.5 Å².